The molecule has 3 N–H and O–H groups in total. The van der Waals surface area contributed by atoms with Crippen LogP contribution in [0.2, 0.25) is 0 Å². The minimum absolute atomic E-state index is 0.0287. The number of anilines is 1. The second kappa shape index (κ2) is 6.71. The molecule has 0 radical (unpaired) electrons. The molecule has 0 aliphatic carbocycles. The molecule has 0 fully saturated rings. The van der Waals surface area contributed by atoms with Crippen LogP contribution in [0, 0.1) is 0 Å². The number of carbonyl (C=O) groups excluding carboxylic acids is 1. The van der Waals surface area contributed by atoms with Gasteiger partial charge in [0.25, 0.3) is 10.0 Å². The SMILES string of the molecule is CC(=O)C(C(=O)O)c1cc(NS(=O)(=O)c2ccccc2)ccc1O. The van der Waals surface area contributed by atoms with Crippen molar-refractivity contribution in [3.05, 3.63) is 54.1 Å². The molecular weight excluding hydrogens is 334 g/mol. The van der Waals surface area contributed by atoms with E-state index in [0.29, 0.717) is 0 Å². The summed E-state index contributed by atoms with van der Waals surface area (Å²) in [5.74, 6) is -4.09. The summed E-state index contributed by atoms with van der Waals surface area (Å²) in [7, 11) is -3.87. The Morgan fingerprint density at radius 3 is 2.25 bits per heavy atom. The summed E-state index contributed by atoms with van der Waals surface area (Å²) in [6.07, 6.45) is 0. The Morgan fingerprint density at radius 1 is 1.08 bits per heavy atom. The highest BCUT2D eigenvalue weighted by molar-refractivity contribution is 7.92. The molecule has 0 aliphatic rings. The molecule has 126 valence electrons. The Bertz CT molecular complexity index is 863. The molecule has 0 heterocycles. The summed E-state index contributed by atoms with van der Waals surface area (Å²) in [5.41, 5.74) is -0.137. The number of hydrogen-bond acceptors (Lipinski definition) is 5. The number of nitrogens with one attached hydrogen (secondary N) is 1. The number of Topliss-reactive ketones (excluding diaryl/α,β-unsaturated/α-hetero) is 1. The molecule has 0 saturated heterocycles. The van der Waals surface area contributed by atoms with E-state index in [1.54, 1.807) is 18.2 Å². The van der Waals surface area contributed by atoms with Gasteiger partial charge in [-0.3, -0.25) is 14.3 Å². The average Bonchev–Trinajstić information content (AvgIpc) is 2.50. The summed E-state index contributed by atoms with van der Waals surface area (Å²) < 4.78 is 26.8. The number of benzene rings is 2. The van der Waals surface area contributed by atoms with Crippen molar-refractivity contribution < 1.29 is 28.2 Å². The van der Waals surface area contributed by atoms with Crippen molar-refractivity contribution in [3.8, 4) is 5.75 Å². The van der Waals surface area contributed by atoms with Crippen molar-refractivity contribution in [2.24, 2.45) is 0 Å². The fourth-order valence-corrected chi connectivity index (χ4v) is 3.26. The van der Waals surface area contributed by atoms with Crippen molar-refractivity contribution in [2.75, 3.05) is 4.72 Å². The van der Waals surface area contributed by atoms with Crippen LogP contribution in [0.25, 0.3) is 0 Å². The van der Waals surface area contributed by atoms with E-state index in [9.17, 15) is 23.1 Å². The summed E-state index contributed by atoms with van der Waals surface area (Å²) in [6, 6.07) is 11.1. The van der Waals surface area contributed by atoms with E-state index in [2.05, 4.69) is 4.72 Å². The fourth-order valence-electron chi connectivity index (χ4n) is 2.19. The molecule has 1 atom stereocenters. The molecule has 0 bridgehead atoms. The lowest BCUT2D eigenvalue weighted by atomic mass is 9.94. The largest absolute Gasteiger partial charge is 0.508 e. The number of phenolic OH excluding ortho intramolecular Hbond substituents is 1. The zero-order valence-electron chi connectivity index (χ0n) is 12.6. The highest BCUT2D eigenvalue weighted by Crippen LogP contribution is 2.30. The van der Waals surface area contributed by atoms with Gasteiger partial charge in [-0.1, -0.05) is 18.2 Å². The van der Waals surface area contributed by atoms with Crippen LogP contribution in [0.15, 0.2) is 53.4 Å². The first kappa shape index (κ1) is 17.5. The molecule has 2 rings (SSSR count). The lowest BCUT2D eigenvalue weighted by Gasteiger charge is -2.14. The molecule has 0 aliphatic heterocycles. The summed E-state index contributed by atoms with van der Waals surface area (Å²) in [6.45, 7) is 1.08. The van der Waals surface area contributed by atoms with Crippen LogP contribution in [0.4, 0.5) is 5.69 Å². The number of ketones is 1. The number of rotatable bonds is 6. The predicted molar refractivity (Wildman–Crippen MR) is 86.4 cm³/mol. The number of carboxylic acid groups (broad SMARTS) is 1. The van der Waals surface area contributed by atoms with Gasteiger partial charge in [-0.15, -0.1) is 0 Å². The smallest absolute Gasteiger partial charge is 0.318 e. The fraction of sp³-hybridized carbons (Fsp3) is 0.125. The number of aromatic hydroxyl groups is 1. The summed E-state index contributed by atoms with van der Waals surface area (Å²) in [5, 5.41) is 19.0. The number of carboxylic acids is 1. The molecule has 0 saturated carbocycles. The van der Waals surface area contributed by atoms with Gasteiger partial charge in [-0.05, 0) is 37.3 Å². The first-order valence-corrected chi connectivity index (χ1v) is 8.34. The molecule has 0 amide bonds. The van der Waals surface area contributed by atoms with Gasteiger partial charge in [0.05, 0.1) is 4.90 Å². The van der Waals surface area contributed by atoms with Crippen LogP contribution in [0.5, 0.6) is 5.75 Å². The Morgan fingerprint density at radius 2 is 1.71 bits per heavy atom. The van der Waals surface area contributed by atoms with Gasteiger partial charge in [0.15, 0.2) is 0 Å². The molecule has 24 heavy (non-hydrogen) atoms. The second-order valence-corrected chi connectivity index (χ2v) is 6.76. The van der Waals surface area contributed by atoms with Crippen molar-refractivity contribution >= 4 is 27.5 Å². The van der Waals surface area contributed by atoms with Crippen molar-refractivity contribution in [2.45, 2.75) is 17.7 Å². The molecule has 8 heteroatoms. The lowest BCUT2D eigenvalue weighted by molar-refractivity contribution is -0.142. The summed E-state index contributed by atoms with van der Waals surface area (Å²) >= 11 is 0. The molecule has 2 aromatic carbocycles. The van der Waals surface area contributed by atoms with Crippen molar-refractivity contribution in [3.63, 3.8) is 0 Å². The average molecular weight is 349 g/mol. The van der Waals surface area contributed by atoms with Gasteiger partial charge in [0.2, 0.25) is 0 Å². The Kier molecular flexibility index (Phi) is 4.89. The lowest BCUT2D eigenvalue weighted by Crippen LogP contribution is -2.20. The third kappa shape index (κ3) is 3.72. The quantitative estimate of drug-likeness (QED) is 0.541. The van der Waals surface area contributed by atoms with E-state index in [4.69, 9.17) is 5.11 Å². The number of hydrogen-bond donors (Lipinski definition) is 3. The molecule has 1 unspecified atom stereocenters. The normalized spacial score (nSPS) is 12.4. The molecule has 2 aromatic rings. The Balaban J connectivity index is 2.42. The zero-order chi connectivity index (χ0) is 17.9. The number of aliphatic carboxylic acids is 1. The van der Waals surface area contributed by atoms with Crippen molar-refractivity contribution in [1.82, 2.24) is 0 Å². The van der Waals surface area contributed by atoms with Crippen LogP contribution in [0.3, 0.4) is 0 Å². The van der Waals surface area contributed by atoms with Crippen LogP contribution >= 0.6 is 0 Å². The van der Waals surface area contributed by atoms with E-state index in [-0.39, 0.29) is 16.1 Å². The highest BCUT2D eigenvalue weighted by atomic mass is 32.2. The van der Waals surface area contributed by atoms with Gasteiger partial charge in [-0.2, -0.15) is 0 Å². The first-order chi connectivity index (χ1) is 11.2. The second-order valence-electron chi connectivity index (χ2n) is 5.07. The zero-order valence-corrected chi connectivity index (χ0v) is 13.4. The summed E-state index contributed by atoms with van der Waals surface area (Å²) in [4.78, 5) is 22.8. The molecule has 0 aromatic heterocycles. The third-order valence-corrected chi connectivity index (χ3v) is 4.69. The van der Waals surface area contributed by atoms with E-state index in [1.807, 2.05) is 0 Å². The van der Waals surface area contributed by atoms with E-state index >= 15 is 0 Å². The molecule has 0 spiro atoms. The minimum Gasteiger partial charge on any atom is -0.508 e. The maximum atomic E-state index is 12.3. The first-order valence-electron chi connectivity index (χ1n) is 6.86. The van der Waals surface area contributed by atoms with E-state index in [0.717, 1.165) is 19.1 Å². The number of phenols is 1. The van der Waals surface area contributed by atoms with Crippen LogP contribution in [0.1, 0.15) is 18.4 Å². The monoisotopic (exact) mass is 349 g/mol. The minimum atomic E-state index is -3.87. The predicted octanol–water partition coefficient (Wildman–Crippen LogP) is 1.95. The topological polar surface area (TPSA) is 121 Å². The Hall–Kier alpha value is -2.87. The number of carbonyl (C=O) groups is 2. The molecule has 7 nitrogen and oxygen atoms in total. The van der Waals surface area contributed by atoms with Crippen LogP contribution in [-0.4, -0.2) is 30.4 Å². The van der Waals surface area contributed by atoms with Gasteiger partial charge < -0.3 is 10.2 Å². The standard InChI is InChI=1S/C16H15NO6S/c1-10(18)15(16(20)21)13-9-11(7-8-14(13)19)17-24(22,23)12-5-3-2-4-6-12/h2-9,15,17,19H,1H3,(H,20,21). The van der Waals surface area contributed by atoms with Crippen molar-refractivity contribution in [1.29, 1.82) is 0 Å². The van der Waals surface area contributed by atoms with Gasteiger partial charge in [0, 0.05) is 11.3 Å². The highest BCUT2D eigenvalue weighted by Gasteiger charge is 2.28. The maximum absolute atomic E-state index is 12.3. The van der Waals surface area contributed by atoms with E-state index in [1.165, 1.54) is 18.2 Å². The van der Waals surface area contributed by atoms with Gasteiger partial charge in [-0.25, -0.2) is 8.42 Å². The van der Waals surface area contributed by atoms with Crippen LogP contribution in [-0.2, 0) is 19.6 Å². The van der Waals surface area contributed by atoms with Gasteiger partial charge in [0.1, 0.15) is 17.5 Å². The maximum Gasteiger partial charge on any atom is 0.318 e. The van der Waals surface area contributed by atoms with Gasteiger partial charge >= 0.3 is 5.97 Å². The Labute approximate surface area is 138 Å². The van der Waals surface area contributed by atoms with E-state index < -0.39 is 33.4 Å². The number of sulfonamides is 1. The molecular formula is C16H15NO6S. The third-order valence-electron chi connectivity index (χ3n) is 3.30. The van der Waals surface area contributed by atoms with Crippen LogP contribution < -0.4 is 4.72 Å².